The average molecular weight is 363 g/mol. The van der Waals surface area contributed by atoms with Crippen molar-refractivity contribution in [1.82, 2.24) is 5.32 Å². The second-order valence-electron chi connectivity index (χ2n) is 6.04. The molecule has 1 saturated carbocycles. The van der Waals surface area contributed by atoms with Crippen molar-refractivity contribution in [3.63, 3.8) is 0 Å². The zero-order valence-electron chi connectivity index (χ0n) is 13.5. The molecule has 2 N–H and O–H groups in total. The fourth-order valence-electron chi connectivity index (χ4n) is 2.91. The molecule has 0 spiro atoms. The van der Waals surface area contributed by atoms with Crippen LogP contribution in [-0.2, 0) is 11.3 Å². The third kappa shape index (κ3) is 3.92. The average Bonchev–Trinajstić information content (AvgIpc) is 3.34. The van der Waals surface area contributed by atoms with E-state index in [0.29, 0.717) is 10.0 Å². The normalized spacial score (nSPS) is 19.1. The van der Waals surface area contributed by atoms with Gasteiger partial charge in [0, 0.05) is 28.2 Å². The second-order valence-corrected chi connectivity index (χ2v) is 6.88. The molecule has 1 fully saturated rings. The Kier molecular flexibility index (Phi) is 5.44. The molecule has 24 heavy (non-hydrogen) atoms. The minimum Gasteiger partial charge on any atom is -0.326 e. The molecule has 126 valence electrons. The number of halogens is 2. The van der Waals surface area contributed by atoms with Gasteiger partial charge in [0.25, 0.3) is 0 Å². The molecule has 1 amide bonds. The molecule has 0 aliphatic heterocycles. The van der Waals surface area contributed by atoms with Gasteiger partial charge in [-0.25, -0.2) is 0 Å². The topological polar surface area (TPSA) is 41.1 Å². The number of amides is 1. The Labute approximate surface area is 152 Å². The van der Waals surface area contributed by atoms with E-state index in [-0.39, 0.29) is 17.7 Å². The Morgan fingerprint density at radius 3 is 2.75 bits per heavy atom. The summed E-state index contributed by atoms with van der Waals surface area (Å²) in [5, 5.41) is 7.60. The van der Waals surface area contributed by atoms with Gasteiger partial charge < -0.3 is 10.6 Å². The number of hydrogen-bond donors (Lipinski definition) is 2. The minimum atomic E-state index is -0.0316. The van der Waals surface area contributed by atoms with Crippen LogP contribution in [0.1, 0.15) is 30.4 Å². The SMILES string of the molecule is CCNCc1ccccc1NC(=O)C1CC1c1ccc(Cl)cc1Cl. The summed E-state index contributed by atoms with van der Waals surface area (Å²) in [5.41, 5.74) is 2.97. The fourth-order valence-corrected chi connectivity index (χ4v) is 3.46. The minimum absolute atomic E-state index is 0.0316. The van der Waals surface area contributed by atoms with E-state index < -0.39 is 0 Å². The maximum absolute atomic E-state index is 12.6. The van der Waals surface area contributed by atoms with Gasteiger partial charge in [0.15, 0.2) is 0 Å². The first-order valence-corrected chi connectivity index (χ1v) is 8.90. The van der Waals surface area contributed by atoms with Crippen LogP contribution in [0.4, 0.5) is 5.69 Å². The molecule has 3 nitrogen and oxygen atoms in total. The van der Waals surface area contributed by atoms with Gasteiger partial charge in [-0.05, 0) is 48.2 Å². The zero-order chi connectivity index (χ0) is 17.1. The first-order chi connectivity index (χ1) is 11.6. The summed E-state index contributed by atoms with van der Waals surface area (Å²) >= 11 is 12.2. The predicted molar refractivity (Wildman–Crippen MR) is 99.8 cm³/mol. The van der Waals surface area contributed by atoms with Crippen molar-refractivity contribution in [3.8, 4) is 0 Å². The van der Waals surface area contributed by atoms with E-state index in [9.17, 15) is 4.79 Å². The lowest BCUT2D eigenvalue weighted by Gasteiger charge is -2.11. The molecule has 2 aromatic carbocycles. The quantitative estimate of drug-likeness (QED) is 0.771. The van der Waals surface area contributed by atoms with E-state index >= 15 is 0 Å². The first-order valence-electron chi connectivity index (χ1n) is 8.14. The Hall–Kier alpha value is -1.55. The molecule has 1 aliphatic carbocycles. The highest BCUT2D eigenvalue weighted by Crippen LogP contribution is 2.50. The van der Waals surface area contributed by atoms with Gasteiger partial charge in [0.2, 0.25) is 5.91 Å². The number of para-hydroxylation sites is 1. The second kappa shape index (κ2) is 7.56. The van der Waals surface area contributed by atoms with Gasteiger partial charge in [-0.3, -0.25) is 4.79 Å². The van der Waals surface area contributed by atoms with Crippen LogP contribution in [0, 0.1) is 5.92 Å². The maximum Gasteiger partial charge on any atom is 0.228 e. The van der Waals surface area contributed by atoms with Crippen LogP contribution in [-0.4, -0.2) is 12.5 Å². The van der Waals surface area contributed by atoms with Crippen molar-refractivity contribution >= 4 is 34.8 Å². The molecule has 3 rings (SSSR count). The van der Waals surface area contributed by atoms with Gasteiger partial charge in [-0.15, -0.1) is 0 Å². The number of hydrogen-bond acceptors (Lipinski definition) is 2. The molecule has 0 aromatic heterocycles. The summed E-state index contributed by atoms with van der Waals surface area (Å²) < 4.78 is 0. The highest BCUT2D eigenvalue weighted by atomic mass is 35.5. The van der Waals surface area contributed by atoms with Crippen molar-refractivity contribution in [2.45, 2.75) is 25.8 Å². The maximum atomic E-state index is 12.6. The molecule has 2 unspecified atom stereocenters. The highest BCUT2D eigenvalue weighted by Gasteiger charge is 2.44. The van der Waals surface area contributed by atoms with Crippen LogP contribution in [0.3, 0.4) is 0 Å². The van der Waals surface area contributed by atoms with Gasteiger partial charge in [0.05, 0.1) is 0 Å². The molecule has 0 saturated heterocycles. The summed E-state index contributed by atoms with van der Waals surface area (Å²) in [6.45, 7) is 3.69. The van der Waals surface area contributed by atoms with Crippen LogP contribution in [0.5, 0.6) is 0 Å². The number of benzene rings is 2. The zero-order valence-corrected chi connectivity index (χ0v) is 15.0. The molecule has 0 bridgehead atoms. The standard InChI is InChI=1S/C19H20Cl2N2O/c1-2-22-11-12-5-3-4-6-18(12)23-19(24)16-10-15(16)14-8-7-13(20)9-17(14)21/h3-9,15-16,22H,2,10-11H2,1H3,(H,23,24). The van der Waals surface area contributed by atoms with Crippen molar-refractivity contribution in [1.29, 1.82) is 0 Å². The first kappa shape index (κ1) is 17.3. The van der Waals surface area contributed by atoms with Gasteiger partial charge in [-0.2, -0.15) is 0 Å². The Balaban J connectivity index is 1.67. The molecule has 5 heteroatoms. The predicted octanol–water partition coefficient (Wildman–Crippen LogP) is 4.85. The lowest BCUT2D eigenvalue weighted by molar-refractivity contribution is -0.117. The van der Waals surface area contributed by atoms with Crippen LogP contribution < -0.4 is 10.6 Å². The Bertz CT molecular complexity index is 748. The number of nitrogens with one attached hydrogen (secondary N) is 2. The van der Waals surface area contributed by atoms with Gasteiger partial charge in [0.1, 0.15) is 0 Å². The van der Waals surface area contributed by atoms with Gasteiger partial charge >= 0.3 is 0 Å². The van der Waals surface area contributed by atoms with Crippen molar-refractivity contribution in [3.05, 3.63) is 63.6 Å². The fraction of sp³-hybridized carbons (Fsp3) is 0.316. The Morgan fingerprint density at radius 1 is 1.21 bits per heavy atom. The van der Waals surface area contributed by atoms with Crippen LogP contribution >= 0.6 is 23.2 Å². The van der Waals surface area contributed by atoms with Crippen LogP contribution in [0.15, 0.2) is 42.5 Å². The van der Waals surface area contributed by atoms with Crippen LogP contribution in [0.25, 0.3) is 0 Å². The van der Waals surface area contributed by atoms with E-state index in [1.165, 1.54) is 0 Å². The monoisotopic (exact) mass is 362 g/mol. The summed E-state index contributed by atoms with van der Waals surface area (Å²) in [6.07, 6.45) is 0.822. The largest absolute Gasteiger partial charge is 0.326 e. The van der Waals surface area contributed by atoms with Crippen molar-refractivity contribution in [2.75, 3.05) is 11.9 Å². The molecule has 2 atom stereocenters. The number of anilines is 1. The molecular formula is C19H20Cl2N2O. The van der Waals surface area contributed by atoms with E-state index in [1.807, 2.05) is 36.4 Å². The molecule has 2 aromatic rings. The third-order valence-corrected chi connectivity index (χ3v) is 4.89. The Morgan fingerprint density at radius 2 is 2.00 bits per heavy atom. The molecule has 1 aliphatic rings. The van der Waals surface area contributed by atoms with E-state index in [0.717, 1.165) is 36.3 Å². The van der Waals surface area contributed by atoms with E-state index in [4.69, 9.17) is 23.2 Å². The van der Waals surface area contributed by atoms with Gasteiger partial charge in [-0.1, -0.05) is 54.4 Å². The number of carbonyl (C=O) groups excluding carboxylic acids is 1. The smallest absolute Gasteiger partial charge is 0.228 e. The molecule has 0 radical (unpaired) electrons. The summed E-state index contributed by atoms with van der Waals surface area (Å²) in [6, 6.07) is 13.4. The molecular weight excluding hydrogens is 343 g/mol. The van der Waals surface area contributed by atoms with Crippen molar-refractivity contribution < 1.29 is 4.79 Å². The summed E-state index contributed by atoms with van der Waals surface area (Å²) in [7, 11) is 0. The van der Waals surface area contributed by atoms with Crippen molar-refractivity contribution in [2.24, 2.45) is 5.92 Å². The number of carbonyl (C=O) groups is 1. The lowest BCUT2D eigenvalue weighted by atomic mass is 10.1. The number of rotatable bonds is 6. The highest BCUT2D eigenvalue weighted by molar-refractivity contribution is 6.35. The summed E-state index contributed by atoms with van der Waals surface area (Å²) in [5.74, 6) is 0.196. The van der Waals surface area contributed by atoms with E-state index in [2.05, 4.69) is 17.6 Å². The van der Waals surface area contributed by atoms with Crippen LogP contribution in [0.2, 0.25) is 10.0 Å². The third-order valence-electron chi connectivity index (χ3n) is 4.33. The molecule has 0 heterocycles. The lowest BCUT2D eigenvalue weighted by Crippen LogP contribution is -2.18. The van der Waals surface area contributed by atoms with E-state index in [1.54, 1.807) is 6.07 Å². The summed E-state index contributed by atoms with van der Waals surface area (Å²) in [4.78, 5) is 12.6.